The number of nitrogens with zero attached hydrogens (tertiary/aromatic N) is 1. The van der Waals surface area contributed by atoms with Crippen LogP contribution in [-0.2, 0) is 0 Å². The highest BCUT2D eigenvalue weighted by Crippen LogP contribution is 2.33. The van der Waals surface area contributed by atoms with Crippen LogP contribution >= 0.6 is 11.6 Å². The molecule has 0 saturated carbocycles. The summed E-state index contributed by atoms with van der Waals surface area (Å²) >= 11 is 6.13. The molecule has 0 aliphatic heterocycles. The van der Waals surface area contributed by atoms with Gasteiger partial charge in [0.25, 0.3) is 5.91 Å². The van der Waals surface area contributed by atoms with E-state index in [1.54, 1.807) is 37.6 Å². The first kappa shape index (κ1) is 17.8. The number of aryl methyl sites for hydroxylation is 1. The molecule has 0 spiro atoms. The Hall–Kier alpha value is -3.05. The molecule has 1 aromatic heterocycles. The Morgan fingerprint density at radius 3 is 2.54 bits per heavy atom. The lowest BCUT2D eigenvalue weighted by atomic mass is 10.2. The SMILES string of the molecule is COc1cc(Cl)c(C)cc1Nc1ccc(NC(=O)c2ccccc2)nc1. The van der Waals surface area contributed by atoms with Crippen LogP contribution in [-0.4, -0.2) is 18.0 Å². The maximum absolute atomic E-state index is 12.1. The van der Waals surface area contributed by atoms with E-state index >= 15 is 0 Å². The minimum absolute atomic E-state index is 0.200. The van der Waals surface area contributed by atoms with Gasteiger partial charge in [0.15, 0.2) is 0 Å². The molecule has 6 heteroatoms. The van der Waals surface area contributed by atoms with Gasteiger partial charge >= 0.3 is 0 Å². The first-order valence-electron chi connectivity index (χ1n) is 8.00. The molecule has 3 rings (SSSR count). The summed E-state index contributed by atoms with van der Waals surface area (Å²) in [6.07, 6.45) is 1.64. The molecule has 3 aromatic rings. The van der Waals surface area contributed by atoms with Crippen LogP contribution in [0, 0.1) is 6.92 Å². The van der Waals surface area contributed by atoms with E-state index in [1.165, 1.54) is 0 Å². The Balaban J connectivity index is 1.72. The standard InChI is InChI=1S/C20H18ClN3O2/c1-13-10-17(18(26-2)11-16(13)21)23-15-8-9-19(22-12-15)24-20(25)14-6-4-3-5-7-14/h3-12,23H,1-2H3,(H,22,24,25). The third-order valence-electron chi connectivity index (χ3n) is 3.80. The number of nitrogens with one attached hydrogen (secondary N) is 2. The van der Waals surface area contributed by atoms with Gasteiger partial charge in [0.2, 0.25) is 0 Å². The highest BCUT2D eigenvalue weighted by molar-refractivity contribution is 6.31. The normalized spacial score (nSPS) is 10.3. The molecule has 0 aliphatic carbocycles. The van der Waals surface area contributed by atoms with Gasteiger partial charge in [0, 0.05) is 16.7 Å². The maximum Gasteiger partial charge on any atom is 0.256 e. The third-order valence-corrected chi connectivity index (χ3v) is 4.21. The van der Waals surface area contributed by atoms with Crippen molar-refractivity contribution in [3.8, 4) is 5.75 Å². The first-order chi connectivity index (χ1) is 12.6. The number of rotatable bonds is 5. The monoisotopic (exact) mass is 367 g/mol. The number of aromatic nitrogens is 1. The molecule has 5 nitrogen and oxygen atoms in total. The lowest BCUT2D eigenvalue weighted by Crippen LogP contribution is -2.12. The summed E-state index contributed by atoms with van der Waals surface area (Å²) in [5, 5.41) is 6.66. The van der Waals surface area contributed by atoms with Gasteiger partial charge in [-0.15, -0.1) is 0 Å². The van der Waals surface area contributed by atoms with Crippen molar-refractivity contribution in [2.45, 2.75) is 6.92 Å². The summed E-state index contributed by atoms with van der Waals surface area (Å²) in [5.74, 6) is 0.916. The van der Waals surface area contributed by atoms with Gasteiger partial charge < -0.3 is 15.4 Å². The fourth-order valence-electron chi connectivity index (χ4n) is 2.41. The number of pyridine rings is 1. The predicted molar refractivity (Wildman–Crippen MR) is 105 cm³/mol. The molecule has 26 heavy (non-hydrogen) atoms. The molecule has 1 amide bonds. The van der Waals surface area contributed by atoms with Gasteiger partial charge in [0.1, 0.15) is 11.6 Å². The first-order valence-corrected chi connectivity index (χ1v) is 8.38. The minimum Gasteiger partial charge on any atom is -0.495 e. The summed E-state index contributed by atoms with van der Waals surface area (Å²) in [4.78, 5) is 16.4. The van der Waals surface area contributed by atoms with Crippen LogP contribution in [0.2, 0.25) is 5.02 Å². The van der Waals surface area contributed by atoms with Crippen LogP contribution < -0.4 is 15.4 Å². The number of ether oxygens (including phenoxy) is 1. The zero-order chi connectivity index (χ0) is 18.5. The van der Waals surface area contributed by atoms with Crippen molar-refractivity contribution in [1.29, 1.82) is 0 Å². The third kappa shape index (κ3) is 4.13. The molecule has 0 fully saturated rings. The van der Waals surface area contributed by atoms with Gasteiger partial charge in [-0.2, -0.15) is 0 Å². The van der Waals surface area contributed by atoms with E-state index < -0.39 is 0 Å². The topological polar surface area (TPSA) is 63.2 Å². The Morgan fingerprint density at radius 1 is 1.12 bits per heavy atom. The van der Waals surface area contributed by atoms with Gasteiger partial charge in [-0.1, -0.05) is 29.8 Å². The number of anilines is 3. The zero-order valence-corrected chi connectivity index (χ0v) is 15.2. The number of halogens is 1. The summed E-state index contributed by atoms with van der Waals surface area (Å²) in [7, 11) is 1.59. The van der Waals surface area contributed by atoms with Crippen molar-refractivity contribution in [3.63, 3.8) is 0 Å². The Kier molecular flexibility index (Phi) is 5.39. The molecule has 0 atom stereocenters. The highest BCUT2D eigenvalue weighted by Gasteiger charge is 2.09. The maximum atomic E-state index is 12.1. The molecule has 0 unspecified atom stereocenters. The average molecular weight is 368 g/mol. The Morgan fingerprint density at radius 2 is 1.88 bits per heavy atom. The molecular weight excluding hydrogens is 350 g/mol. The number of hydrogen-bond donors (Lipinski definition) is 2. The number of carbonyl (C=O) groups excluding carboxylic acids is 1. The van der Waals surface area contributed by atoms with Gasteiger partial charge in [-0.25, -0.2) is 4.98 Å². The fourth-order valence-corrected chi connectivity index (χ4v) is 2.56. The van der Waals surface area contributed by atoms with Crippen LogP contribution in [0.1, 0.15) is 15.9 Å². The second-order valence-electron chi connectivity index (χ2n) is 5.68. The second-order valence-corrected chi connectivity index (χ2v) is 6.09. The van der Waals surface area contributed by atoms with Gasteiger partial charge in [-0.3, -0.25) is 4.79 Å². The van der Waals surface area contributed by atoms with E-state index in [4.69, 9.17) is 16.3 Å². The minimum atomic E-state index is -0.200. The number of benzene rings is 2. The molecule has 2 aromatic carbocycles. The van der Waals surface area contributed by atoms with Crippen LogP contribution in [0.15, 0.2) is 60.8 Å². The summed E-state index contributed by atoms with van der Waals surface area (Å²) in [6, 6.07) is 16.2. The van der Waals surface area contributed by atoms with Crippen molar-refractivity contribution in [1.82, 2.24) is 4.98 Å². The van der Waals surface area contributed by atoms with E-state index in [2.05, 4.69) is 15.6 Å². The van der Waals surface area contributed by atoms with Crippen LogP contribution in [0.25, 0.3) is 0 Å². The molecule has 0 aliphatic rings. The van der Waals surface area contributed by atoms with Gasteiger partial charge in [0.05, 0.1) is 24.7 Å². The molecule has 0 bridgehead atoms. The van der Waals surface area contributed by atoms with E-state index in [9.17, 15) is 4.79 Å². The second kappa shape index (κ2) is 7.89. The van der Waals surface area contributed by atoms with E-state index in [1.807, 2.05) is 37.3 Å². The van der Waals surface area contributed by atoms with Crippen LogP contribution in [0.4, 0.5) is 17.2 Å². The molecule has 2 N–H and O–H groups in total. The van der Waals surface area contributed by atoms with Crippen LogP contribution in [0.5, 0.6) is 5.75 Å². The van der Waals surface area contributed by atoms with Crippen molar-refractivity contribution in [2.24, 2.45) is 0 Å². The number of methoxy groups -OCH3 is 1. The lowest BCUT2D eigenvalue weighted by molar-refractivity contribution is 0.102. The van der Waals surface area contributed by atoms with Crippen LogP contribution in [0.3, 0.4) is 0 Å². The predicted octanol–water partition coefficient (Wildman–Crippen LogP) is 5.05. The van der Waals surface area contributed by atoms with Crippen molar-refractivity contribution < 1.29 is 9.53 Å². The van der Waals surface area contributed by atoms with Crippen molar-refractivity contribution in [2.75, 3.05) is 17.7 Å². The number of carbonyl (C=O) groups is 1. The fraction of sp³-hybridized carbons (Fsp3) is 0.100. The van der Waals surface area contributed by atoms with E-state index in [0.29, 0.717) is 22.2 Å². The zero-order valence-electron chi connectivity index (χ0n) is 14.4. The summed E-state index contributed by atoms with van der Waals surface area (Å²) < 4.78 is 5.35. The molecule has 1 heterocycles. The van der Waals surface area contributed by atoms with Crippen molar-refractivity contribution >= 4 is 34.7 Å². The Labute approximate surface area is 157 Å². The van der Waals surface area contributed by atoms with E-state index in [-0.39, 0.29) is 5.91 Å². The average Bonchev–Trinajstić information content (AvgIpc) is 2.66. The molecular formula is C20H18ClN3O2. The van der Waals surface area contributed by atoms with Crippen molar-refractivity contribution in [3.05, 3.63) is 76.9 Å². The molecule has 0 radical (unpaired) electrons. The number of amides is 1. The lowest BCUT2D eigenvalue weighted by Gasteiger charge is -2.13. The molecule has 0 saturated heterocycles. The smallest absolute Gasteiger partial charge is 0.256 e. The van der Waals surface area contributed by atoms with Gasteiger partial charge in [-0.05, 0) is 42.8 Å². The molecule has 132 valence electrons. The quantitative estimate of drug-likeness (QED) is 0.662. The largest absolute Gasteiger partial charge is 0.495 e. The summed E-state index contributed by atoms with van der Waals surface area (Å²) in [5.41, 5.74) is 3.08. The summed E-state index contributed by atoms with van der Waals surface area (Å²) in [6.45, 7) is 1.92. The number of hydrogen-bond acceptors (Lipinski definition) is 4. The highest BCUT2D eigenvalue weighted by atomic mass is 35.5. The van der Waals surface area contributed by atoms with E-state index in [0.717, 1.165) is 16.9 Å². The Bertz CT molecular complexity index is 912.